The van der Waals surface area contributed by atoms with E-state index in [9.17, 15) is 0 Å². The number of hydrogen-bond acceptors (Lipinski definition) is 3. The normalized spacial score (nSPS) is 9.79. The van der Waals surface area contributed by atoms with E-state index >= 15 is 0 Å². The van der Waals surface area contributed by atoms with Crippen LogP contribution in [0.1, 0.15) is 5.56 Å². The molecule has 19 heavy (non-hydrogen) atoms. The number of benzene rings is 2. The molecule has 0 saturated heterocycles. The lowest BCUT2D eigenvalue weighted by atomic mass is 10.2. The summed E-state index contributed by atoms with van der Waals surface area (Å²) in [5.74, 6) is 0. The minimum absolute atomic E-state index is 0.639. The SMILES string of the molecule is CN(C)c1ccc(Nc2ccc(C#N)cc2Br)cc1. The third kappa shape index (κ3) is 3.27. The predicted octanol–water partition coefficient (Wildman–Crippen LogP) is 4.13. The van der Waals surface area contributed by atoms with Crippen molar-refractivity contribution in [2.45, 2.75) is 0 Å². The van der Waals surface area contributed by atoms with Crippen LogP contribution in [0, 0.1) is 11.3 Å². The predicted molar refractivity (Wildman–Crippen MR) is 82.9 cm³/mol. The van der Waals surface area contributed by atoms with Gasteiger partial charge in [0.25, 0.3) is 0 Å². The molecule has 4 heteroatoms. The van der Waals surface area contributed by atoms with Crippen LogP contribution < -0.4 is 10.2 Å². The summed E-state index contributed by atoms with van der Waals surface area (Å²) in [6.07, 6.45) is 0. The Labute approximate surface area is 121 Å². The van der Waals surface area contributed by atoms with Crippen molar-refractivity contribution in [3.63, 3.8) is 0 Å². The molecule has 0 bridgehead atoms. The van der Waals surface area contributed by atoms with Gasteiger partial charge in [0.05, 0.1) is 17.3 Å². The topological polar surface area (TPSA) is 39.1 Å². The van der Waals surface area contributed by atoms with Crippen LogP contribution in [-0.2, 0) is 0 Å². The zero-order chi connectivity index (χ0) is 13.8. The Morgan fingerprint density at radius 3 is 2.32 bits per heavy atom. The lowest BCUT2D eigenvalue weighted by Crippen LogP contribution is -2.08. The van der Waals surface area contributed by atoms with E-state index in [0.29, 0.717) is 5.56 Å². The minimum Gasteiger partial charge on any atom is -0.378 e. The maximum atomic E-state index is 8.83. The molecule has 0 aromatic heterocycles. The van der Waals surface area contributed by atoms with Crippen molar-refractivity contribution in [2.24, 2.45) is 0 Å². The number of nitriles is 1. The summed E-state index contributed by atoms with van der Waals surface area (Å²) < 4.78 is 0.878. The molecule has 0 saturated carbocycles. The first-order valence-corrected chi connectivity index (χ1v) is 6.63. The summed E-state index contributed by atoms with van der Waals surface area (Å²) in [6.45, 7) is 0. The molecule has 2 rings (SSSR count). The van der Waals surface area contributed by atoms with E-state index in [1.54, 1.807) is 12.1 Å². The first-order valence-electron chi connectivity index (χ1n) is 5.84. The summed E-state index contributed by atoms with van der Waals surface area (Å²) in [5.41, 5.74) is 3.75. The molecule has 2 aromatic rings. The zero-order valence-electron chi connectivity index (χ0n) is 10.8. The van der Waals surface area contributed by atoms with Crippen molar-refractivity contribution in [2.75, 3.05) is 24.3 Å². The van der Waals surface area contributed by atoms with E-state index < -0.39 is 0 Å². The largest absolute Gasteiger partial charge is 0.378 e. The molecule has 0 heterocycles. The van der Waals surface area contributed by atoms with Crippen LogP contribution in [0.3, 0.4) is 0 Å². The fraction of sp³-hybridized carbons (Fsp3) is 0.133. The molecule has 0 aliphatic heterocycles. The highest BCUT2D eigenvalue weighted by Gasteiger charge is 2.02. The summed E-state index contributed by atoms with van der Waals surface area (Å²) in [5, 5.41) is 12.1. The van der Waals surface area contributed by atoms with E-state index in [-0.39, 0.29) is 0 Å². The minimum atomic E-state index is 0.639. The van der Waals surface area contributed by atoms with Gasteiger partial charge in [-0.3, -0.25) is 0 Å². The summed E-state index contributed by atoms with van der Waals surface area (Å²) >= 11 is 3.46. The second kappa shape index (κ2) is 5.77. The van der Waals surface area contributed by atoms with E-state index in [1.165, 1.54) is 0 Å². The van der Waals surface area contributed by atoms with Crippen LogP contribution in [0.15, 0.2) is 46.9 Å². The average molecular weight is 316 g/mol. The van der Waals surface area contributed by atoms with Gasteiger partial charge < -0.3 is 10.2 Å². The molecular weight excluding hydrogens is 302 g/mol. The summed E-state index contributed by atoms with van der Waals surface area (Å²) in [7, 11) is 4.03. The molecule has 1 N–H and O–H groups in total. The second-order valence-corrected chi connectivity index (χ2v) is 5.23. The monoisotopic (exact) mass is 315 g/mol. The smallest absolute Gasteiger partial charge is 0.0992 e. The number of halogens is 1. The average Bonchev–Trinajstić information content (AvgIpc) is 2.41. The molecule has 0 atom stereocenters. The van der Waals surface area contributed by atoms with Crippen LogP contribution >= 0.6 is 15.9 Å². The molecule has 96 valence electrons. The van der Waals surface area contributed by atoms with Crippen LogP contribution in [-0.4, -0.2) is 14.1 Å². The van der Waals surface area contributed by atoms with Crippen molar-refractivity contribution < 1.29 is 0 Å². The summed E-state index contributed by atoms with van der Waals surface area (Å²) in [6, 6.07) is 15.8. The Balaban J connectivity index is 2.19. The maximum absolute atomic E-state index is 8.83. The third-order valence-corrected chi connectivity index (χ3v) is 3.42. The molecule has 0 aliphatic carbocycles. The van der Waals surface area contributed by atoms with Crippen LogP contribution in [0.25, 0.3) is 0 Å². The number of hydrogen-bond donors (Lipinski definition) is 1. The molecule has 2 aromatic carbocycles. The van der Waals surface area contributed by atoms with Crippen molar-refractivity contribution >= 4 is 33.0 Å². The molecular formula is C15H14BrN3. The van der Waals surface area contributed by atoms with Crippen molar-refractivity contribution in [3.05, 3.63) is 52.5 Å². The highest BCUT2D eigenvalue weighted by molar-refractivity contribution is 9.10. The fourth-order valence-electron chi connectivity index (χ4n) is 1.68. The van der Waals surface area contributed by atoms with Crippen molar-refractivity contribution in [3.8, 4) is 6.07 Å². The van der Waals surface area contributed by atoms with Crippen molar-refractivity contribution in [1.82, 2.24) is 0 Å². The molecule has 0 amide bonds. The molecule has 0 spiro atoms. The van der Waals surface area contributed by atoms with Gasteiger partial charge in [-0.25, -0.2) is 0 Å². The van der Waals surface area contributed by atoms with E-state index in [2.05, 4.69) is 44.3 Å². The lowest BCUT2D eigenvalue weighted by Gasteiger charge is -2.14. The Kier molecular flexibility index (Phi) is 4.08. The Morgan fingerprint density at radius 1 is 1.11 bits per heavy atom. The van der Waals surface area contributed by atoms with Gasteiger partial charge in [0, 0.05) is 29.9 Å². The molecule has 0 unspecified atom stereocenters. The Morgan fingerprint density at radius 2 is 1.79 bits per heavy atom. The second-order valence-electron chi connectivity index (χ2n) is 4.37. The van der Waals surface area contributed by atoms with Gasteiger partial charge in [0.15, 0.2) is 0 Å². The Bertz CT molecular complexity index is 612. The standard InChI is InChI=1S/C15H14BrN3/c1-19(2)13-6-4-12(5-7-13)18-15-8-3-11(10-17)9-14(15)16/h3-9,18H,1-2H3. The van der Waals surface area contributed by atoms with Gasteiger partial charge in [-0.15, -0.1) is 0 Å². The van der Waals surface area contributed by atoms with Gasteiger partial charge in [-0.05, 0) is 58.4 Å². The molecule has 0 aliphatic rings. The van der Waals surface area contributed by atoms with Gasteiger partial charge in [0.1, 0.15) is 0 Å². The van der Waals surface area contributed by atoms with Crippen molar-refractivity contribution in [1.29, 1.82) is 5.26 Å². The Hall–Kier alpha value is -1.99. The van der Waals surface area contributed by atoms with Gasteiger partial charge >= 0.3 is 0 Å². The van der Waals surface area contributed by atoms with Crippen LogP contribution in [0.4, 0.5) is 17.1 Å². The maximum Gasteiger partial charge on any atom is 0.0992 e. The first-order chi connectivity index (χ1) is 9.10. The van der Waals surface area contributed by atoms with Gasteiger partial charge in [-0.1, -0.05) is 0 Å². The lowest BCUT2D eigenvalue weighted by molar-refractivity contribution is 1.13. The first kappa shape index (κ1) is 13.4. The number of nitrogens with zero attached hydrogens (tertiary/aromatic N) is 2. The van der Waals surface area contributed by atoms with E-state index in [1.807, 2.05) is 32.3 Å². The highest BCUT2D eigenvalue weighted by Crippen LogP contribution is 2.27. The molecule has 0 radical (unpaired) electrons. The van der Waals surface area contributed by atoms with Gasteiger partial charge in [-0.2, -0.15) is 5.26 Å². The van der Waals surface area contributed by atoms with E-state index in [0.717, 1.165) is 21.5 Å². The summed E-state index contributed by atoms with van der Waals surface area (Å²) in [4.78, 5) is 2.06. The molecule has 3 nitrogen and oxygen atoms in total. The number of nitrogens with one attached hydrogen (secondary N) is 1. The highest BCUT2D eigenvalue weighted by atomic mass is 79.9. The fourth-order valence-corrected chi connectivity index (χ4v) is 2.16. The zero-order valence-corrected chi connectivity index (χ0v) is 12.4. The quantitative estimate of drug-likeness (QED) is 0.925. The number of rotatable bonds is 3. The van der Waals surface area contributed by atoms with Crippen LogP contribution in [0.5, 0.6) is 0 Å². The molecule has 0 fully saturated rings. The third-order valence-electron chi connectivity index (χ3n) is 2.76. The van der Waals surface area contributed by atoms with E-state index in [4.69, 9.17) is 5.26 Å². The van der Waals surface area contributed by atoms with Gasteiger partial charge in [0.2, 0.25) is 0 Å². The number of anilines is 3. The van der Waals surface area contributed by atoms with Crippen LogP contribution in [0.2, 0.25) is 0 Å².